The van der Waals surface area contributed by atoms with Crippen molar-refractivity contribution in [1.29, 1.82) is 0 Å². The fourth-order valence-electron chi connectivity index (χ4n) is 1.46. The van der Waals surface area contributed by atoms with Crippen LogP contribution in [0.2, 0.25) is 0 Å². The van der Waals surface area contributed by atoms with Crippen LogP contribution in [0.5, 0.6) is 0 Å². The van der Waals surface area contributed by atoms with Crippen LogP contribution in [0.1, 0.15) is 18.6 Å². The highest BCUT2D eigenvalue weighted by atomic mass is 16.6. The number of hydrogen-bond donors (Lipinski definition) is 0. The molecule has 1 heterocycles. The number of rotatable bonds is 1. The van der Waals surface area contributed by atoms with Crippen molar-refractivity contribution >= 4 is 6.09 Å². The smallest absolute Gasteiger partial charge is 0.430 e. The topological polar surface area (TPSA) is 40.4 Å². The Morgan fingerprint density at radius 2 is 2.00 bits per heavy atom. The summed E-state index contributed by atoms with van der Waals surface area (Å²) in [7, 11) is 0. The summed E-state index contributed by atoms with van der Waals surface area (Å²) in [4.78, 5) is 10.8. The number of nitrogens with zero attached hydrogens (tertiary/aromatic N) is 1. The third-order valence-corrected chi connectivity index (χ3v) is 2.10. The van der Waals surface area contributed by atoms with Gasteiger partial charge in [0.25, 0.3) is 0 Å². The summed E-state index contributed by atoms with van der Waals surface area (Å²) < 4.78 is 5.05. The number of cyclic esters (lactones) is 1. The maximum Gasteiger partial charge on any atom is 0.430 e. The van der Waals surface area contributed by atoms with Gasteiger partial charge in [0.05, 0.1) is 6.04 Å². The molecule has 13 heavy (non-hydrogen) atoms. The first-order valence-electron chi connectivity index (χ1n) is 4.24. The van der Waals surface area contributed by atoms with Crippen LogP contribution in [-0.4, -0.2) is 12.1 Å². The molecule has 1 aromatic carbocycles. The quantitative estimate of drug-likeness (QED) is 0.655. The number of amides is 1. The number of ether oxygens (including phenoxy) is 1. The molecule has 1 aliphatic heterocycles. The molecule has 1 saturated heterocycles. The second-order valence-electron chi connectivity index (χ2n) is 3.08. The summed E-state index contributed by atoms with van der Waals surface area (Å²) in [6, 6.07) is 9.59. The van der Waals surface area contributed by atoms with E-state index in [9.17, 15) is 4.79 Å². The molecule has 1 radical (unpaired) electrons. The normalized spacial score (nSPS) is 26.7. The van der Waals surface area contributed by atoms with Crippen LogP contribution in [0.25, 0.3) is 0 Å². The van der Waals surface area contributed by atoms with Crippen molar-refractivity contribution in [3.05, 3.63) is 35.9 Å². The summed E-state index contributed by atoms with van der Waals surface area (Å²) >= 11 is 0. The standard InChI is InChI=1S/C10H10NO2/c1-7-9(13-10(12)11-7)8-5-3-2-4-6-8/h2-7,9H,1H3/t7-,9-/m1/s1. The van der Waals surface area contributed by atoms with Crippen LogP contribution in [0.4, 0.5) is 4.79 Å². The molecule has 0 bridgehead atoms. The van der Waals surface area contributed by atoms with E-state index in [0.29, 0.717) is 0 Å². The summed E-state index contributed by atoms with van der Waals surface area (Å²) in [6.45, 7) is 1.88. The molecule has 0 saturated carbocycles. The second kappa shape index (κ2) is 3.09. The highest BCUT2D eigenvalue weighted by Crippen LogP contribution is 2.26. The van der Waals surface area contributed by atoms with Gasteiger partial charge in [0.1, 0.15) is 0 Å². The van der Waals surface area contributed by atoms with Gasteiger partial charge in [-0.05, 0) is 12.5 Å². The summed E-state index contributed by atoms with van der Waals surface area (Å²) in [5.41, 5.74) is 1.00. The van der Waals surface area contributed by atoms with Gasteiger partial charge in [-0.3, -0.25) is 0 Å². The van der Waals surface area contributed by atoms with Crippen LogP contribution in [0, 0.1) is 0 Å². The SMILES string of the molecule is C[C@H]1[N]C(=O)O[C@H]1c1ccccc1. The minimum absolute atomic E-state index is 0.0742. The first-order valence-corrected chi connectivity index (χ1v) is 4.24. The fraction of sp³-hybridized carbons (Fsp3) is 0.300. The van der Waals surface area contributed by atoms with Gasteiger partial charge in [0.15, 0.2) is 6.10 Å². The molecule has 1 amide bonds. The van der Waals surface area contributed by atoms with Gasteiger partial charge in [-0.2, -0.15) is 0 Å². The van der Waals surface area contributed by atoms with E-state index in [1.807, 2.05) is 37.3 Å². The molecule has 0 aliphatic carbocycles. The van der Waals surface area contributed by atoms with Crippen LogP contribution < -0.4 is 5.32 Å². The average Bonchev–Trinajstić information content (AvgIpc) is 2.47. The van der Waals surface area contributed by atoms with Crippen molar-refractivity contribution in [2.24, 2.45) is 0 Å². The van der Waals surface area contributed by atoms with Gasteiger partial charge in [0, 0.05) is 0 Å². The average molecular weight is 176 g/mol. The summed E-state index contributed by atoms with van der Waals surface area (Å²) in [6.07, 6.45) is -0.657. The fourth-order valence-corrected chi connectivity index (χ4v) is 1.46. The predicted molar refractivity (Wildman–Crippen MR) is 47.3 cm³/mol. The Hall–Kier alpha value is -1.51. The van der Waals surface area contributed by atoms with Gasteiger partial charge < -0.3 is 4.74 Å². The van der Waals surface area contributed by atoms with Gasteiger partial charge in [0.2, 0.25) is 0 Å². The first kappa shape index (κ1) is 8.10. The highest BCUT2D eigenvalue weighted by Gasteiger charge is 2.33. The van der Waals surface area contributed by atoms with E-state index in [0.717, 1.165) is 5.56 Å². The molecule has 0 spiro atoms. The molecule has 3 nitrogen and oxygen atoms in total. The third-order valence-electron chi connectivity index (χ3n) is 2.10. The summed E-state index contributed by atoms with van der Waals surface area (Å²) in [5, 5.41) is 3.79. The van der Waals surface area contributed by atoms with Gasteiger partial charge in [-0.15, -0.1) is 0 Å². The zero-order chi connectivity index (χ0) is 9.26. The number of carbonyl (C=O) groups is 1. The lowest BCUT2D eigenvalue weighted by atomic mass is 10.0. The second-order valence-corrected chi connectivity index (χ2v) is 3.08. The Labute approximate surface area is 76.7 Å². The molecule has 67 valence electrons. The van der Waals surface area contributed by atoms with Crippen LogP contribution in [0.3, 0.4) is 0 Å². The Kier molecular flexibility index (Phi) is 1.93. The summed E-state index contributed by atoms with van der Waals surface area (Å²) in [5.74, 6) is 0. The van der Waals surface area contributed by atoms with Crippen molar-refractivity contribution in [1.82, 2.24) is 5.32 Å². The highest BCUT2D eigenvalue weighted by molar-refractivity contribution is 5.70. The molecule has 1 fully saturated rings. The molecule has 3 heteroatoms. The third kappa shape index (κ3) is 1.49. The molecule has 2 atom stereocenters. The lowest BCUT2D eigenvalue weighted by Crippen LogP contribution is -2.16. The van der Waals surface area contributed by atoms with E-state index in [1.165, 1.54) is 0 Å². The first-order chi connectivity index (χ1) is 6.27. The van der Waals surface area contributed by atoms with E-state index < -0.39 is 6.09 Å². The van der Waals surface area contributed by atoms with Crippen LogP contribution in [-0.2, 0) is 4.74 Å². The minimum Gasteiger partial charge on any atom is -0.438 e. The molecule has 1 aromatic rings. The molecular formula is C10H10NO2. The molecule has 1 aliphatic rings. The Morgan fingerprint density at radius 1 is 1.31 bits per heavy atom. The van der Waals surface area contributed by atoms with E-state index >= 15 is 0 Å². The Morgan fingerprint density at radius 3 is 2.54 bits per heavy atom. The number of hydrogen-bond acceptors (Lipinski definition) is 2. The van der Waals surface area contributed by atoms with E-state index in [2.05, 4.69) is 5.32 Å². The van der Waals surface area contributed by atoms with Crippen molar-refractivity contribution in [3.63, 3.8) is 0 Å². The number of carbonyl (C=O) groups excluding carboxylic acids is 1. The predicted octanol–water partition coefficient (Wildman–Crippen LogP) is 1.87. The van der Waals surface area contributed by atoms with Crippen molar-refractivity contribution in [2.45, 2.75) is 19.1 Å². The van der Waals surface area contributed by atoms with Gasteiger partial charge in [-0.1, -0.05) is 30.3 Å². The largest absolute Gasteiger partial charge is 0.438 e. The maximum absolute atomic E-state index is 10.8. The Balaban J connectivity index is 2.23. The van der Waals surface area contributed by atoms with Crippen molar-refractivity contribution in [3.8, 4) is 0 Å². The zero-order valence-corrected chi connectivity index (χ0v) is 7.31. The van der Waals surface area contributed by atoms with E-state index in [1.54, 1.807) is 0 Å². The molecule has 0 N–H and O–H groups in total. The van der Waals surface area contributed by atoms with Crippen LogP contribution in [0.15, 0.2) is 30.3 Å². The van der Waals surface area contributed by atoms with Gasteiger partial charge in [-0.25, -0.2) is 10.1 Å². The van der Waals surface area contributed by atoms with Crippen molar-refractivity contribution < 1.29 is 9.53 Å². The lowest BCUT2D eigenvalue weighted by molar-refractivity contribution is 0.134. The monoisotopic (exact) mass is 176 g/mol. The minimum atomic E-state index is -0.457. The molecule has 2 rings (SSSR count). The lowest BCUT2D eigenvalue weighted by Gasteiger charge is -2.11. The zero-order valence-electron chi connectivity index (χ0n) is 7.31. The number of benzene rings is 1. The van der Waals surface area contributed by atoms with E-state index in [-0.39, 0.29) is 12.1 Å². The van der Waals surface area contributed by atoms with Crippen LogP contribution >= 0.6 is 0 Å². The van der Waals surface area contributed by atoms with Crippen molar-refractivity contribution in [2.75, 3.05) is 0 Å². The molecule has 0 aromatic heterocycles. The maximum atomic E-state index is 10.8. The molecular weight excluding hydrogens is 166 g/mol. The van der Waals surface area contributed by atoms with Gasteiger partial charge >= 0.3 is 6.09 Å². The molecule has 0 unspecified atom stereocenters. The van der Waals surface area contributed by atoms with E-state index in [4.69, 9.17) is 4.74 Å². The Bertz CT molecular complexity index is 310.